The number of H-pyrrole nitrogens is 1. The van der Waals surface area contributed by atoms with Crippen molar-refractivity contribution in [3.8, 4) is 0 Å². The van der Waals surface area contributed by atoms with Gasteiger partial charge in [0.15, 0.2) is 0 Å². The minimum Gasteiger partial charge on any atom is -0.358 e. The first-order valence-electron chi connectivity index (χ1n) is 5.30. The second-order valence-electron chi connectivity index (χ2n) is 4.12. The number of hydrogen-bond acceptors (Lipinski definition) is 0. The highest BCUT2D eigenvalue weighted by atomic mass is 14.7. The Kier molecular flexibility index (Phi) is 2.32. The number of rotatable bonds is 2. The van der Waals surface area contributed by atoms with Crippen LogP contribution < -0.4 is 0 Å². The molecule has 0 fully saturated rings. The molecule has 1 heterocycles. The zero-order valence-corrected chi connectivity index (χ0v) is 9.09. The van der Waals surface area contributed by atoms with E-state index in [9.17, 15) is 0 Å². The van der Waals surface area contributed by atoms with Crippen LogP contribution in [0.1, 0.15) is 37.4 Å². The molecule has 1 N–H and O–H groups in total. The predicted molar refractivity (Wildman–Crippen MR) is 61.7 cm³/mol. The van der Waals surface area contributed by atoms with Gasteiger partial charge in [-0.1, -0.05) is 26.0 Å². The fourth-order valence-corrected chi connectivity index (χ4v) is 1.75. The van der Waals surface area contributed by atoms with Crippen LogP contribution in [0.25, 0.3) is 10.9 Å². The van der Waals surface area contributed by atoms with Gasteiger partial charge >= 0.3 is 0 Å². The first kappa shape index (κ1) is 9.32. The number of nitrogens with one attached hydrogen (secondary N) is 1. The molecule has 1 aromatic heterocycles. The van der Waals surface area contributed by atoms with Crippen LogP contribution >= 0.6 is 0 Å². The maximum atomic E-state index is 3.49. The second kappa shape index (κ2) is 3.49. The van der Waals surface area contributed by atoms with Crippen LogP contribution in [-0.2, 0) is 0 Å². The fourth-order valence-electron chi connectivity index (χ4n) is 1.75. The normalized spacial score (nSPS) is 13.4. The zero-order valence-electron chi connectivity index (χ0n) is 9.09. The van der Waals surface area contributed by atoms with Crippen LogP contribution in [0, 0.1) is 6.92 Å². The Balaban J connectivity index is 2.51. The molecule has 0 aliphatic rings. The largest absolute Gasteiger partial charge is 0.358 e. The summed E-state index contributed by atoms with van der Waals surface area (Å²) in [5, 5.41) is 1.32. The Hall–Kier alpha value is -1.24. The van der Waals surface area contributed by atoms with Gasteiger partial charge in [0.2, 0.25) is 0 Å². The van der Waals surface area contributed by atoms with E-state index in [4.69, 9.17) is 0 Å². The number of fused-ring (bicyclic) bond motifs is 1. The zero-order chi connectivity index (χ0) is 10.1. The molecular formula is C13H17N. The summed E-state index contributed by atoms with van der Waals surface area (Å²) >= 11 is 0. The number of aryl methyl sites for hydroxylation is 1. The average molecular weight is 187 g/mol. The third-order valence-electron chi connectivity index (χ3n) is 2.94. The molecule has 74 valence electrons. The summed E-state index contributed by atoms with van der Waals surface area (Å²) in [7, 11) is 0. The molecule has 0 aliphatic heterocycles. The van der Waals surface area contributed by atoms with Gasteiger partial charge in [0.05, 0.1) is 0 Å². The molecule has 0 radical (unpaired) electrons. The van der Waals surface area contributed by atoms with Gasteiger partial charge in [-0.05, 0) is 42.3 Å². The summed E-state index contributed by atoms with van der Waals surface area (Å²) in [5.41, 5.74) is 3.93. The quantitative estimate of drug-likeness (QED) is 0.731. The number of benzene rings is 1. The van der Waals surface area contributed by atoms with Crippen LogP contribution in [0.4, 0.5) is 0 Å². The molecule has 0 saturated heterocycles. The molecule has 1 nitrogen and oxygen atoms in total. The van der Waals surface area contributed by atoms with E-state index in [0.717, 1.165) is 0 Å². The van der Waals surface area contributed by atoms with Crippen molar-refractivity contribution in [3.05, 3.63) is 35.5 Å². The van der Waals surface area contributed by atoms with Crippen molar-refractivity contribution >= 4 is 10.9 Å². The lowest BCUT2D eigenvalue weighted by molar-refractivity contribution is 0.715. The van der Waals surface area contributed by atoms with E-state index in [1.54, 1.807) is 0 Å². The van der Waals surface area contributed by atoms with Crippen molar-refractivity contribution in [3.63, 3.8) is 0 Å². The molecule has 0 saturated carbocycles. The highest BCUT2D eigenvalue weighted by Crippen LogP contribution is 2.23. The standard InChI is InChI=1S/C13H17N/c1-4-10(3)12-8-11-6-5-9(2)7-13(11)14-12/h5-8,10,14H,4H2,1-3H3. The van der Waals surface area contributed by atoms with E-state index < -0.39 is 0 Å². The molecule has 2 rings (SSSR count). The molecule has 0 aliphatic carbocycles. The Morgan fingerprint density at radius 1 is 1.29 bits per heavy atom. The molecule has 1 heteroatoms. The van der Waals surface area contributed by atoms with Crippen molar-refractivity contribution in [1.29, 1.82) is 0 Å². The summed E-state index contributed by atoms with van der Waals surface area (Å²) < 4.78 is 0. The van der Waals surface area contributed by atoms with E-state index in [0.29, 0.717) is 5.92 Å². The molecule has 0 bridgehead atoms. The van der Waals surface area contributed by atoms with Crippen LogP contribution in [0.5, 0.6) is 0 Å². The van der Waals surface area contributed by atoms with Gasteiger partial charge in [-0.2, -0.15) is 0 Å². The third kappa shape index (κ3) is 1.54. The van der Waals surface area contributed by atoms with Crippen molar-refractivity contribution in [2.24, 2.45) is 0 Å². The molecule has 2 aromatic rings. The van der Waals surface area contributed by atoms with Crippen LogP contribution in [0.15, 0.2) is 24.3 Å². The highest BCUT2D eigenvalue weighted by molar-refractivity contribution is 5.81. The molecule has 0 amide bonds. The van der Waals surface area contributed by atoms with Gasteiger partial charge in [-0.3, -0.25) is 0 Å². The van der Waals surface area contributed by atoms with Crippen LogP contribution in [0.3, 0.4) is 0 Å². The molecular weight excluding hydrogens is 170 g/mol. The van der Waals surface area contributed by atoms with Crippen molar-refractivity contribution in [1.82, 2.24) is 4.98 Å². The van der Waals surface area contributed by atoms with Crippen molar-refractivity contribution < 1.29 is 0 Å². The SMILES string of the molecule is CCC(C)c1cc2ccc(C)cc2[nH]1. The summed E-state index contributed by atoms with van der Waals surface area (Å²) in [6, 6.07) is 8.83. The third-order valence-corrected chi connectivity index (χ3v) is 2.94. The van der Waals surface area contributed by atoms with Crippen molar-refractivity contribution in [2.75, 3.05) is 0 Å². The maximum Gasteiger partial charge on any atom is 0.0458 e. The average Bonchev–Trinajstić information content (AvgIpc) is 2.59. The van der Waals surface area contributed by atoms with Gasteiger partial charge in [-0.15, -0.1) is 0 Å². The first-order chi connectivity index (χ1) is 6.70. The van der Waals surface area contributed by atoms with E-state index >= 15 is 0 Å². The fraction of sp³-hybridized carbons (Fsp3) is 0.385. The summed E-state index contributed by atoms with van der Waals surface area (Å²) in [5.74, 6) is 0.628. The first-order valence-corrected chi connectivity index (χ1v) is 5.30. The maximum absolute atomic E-state index is 3.49. The van der Waals surface area contributed by atoms with E-state index in [1.165, 1.54) is 28.6 Å². The minimum atomic E-state index is 0.628. The number of aromatic nitrogens is 1. The molecule has 1 aromatic carbocycles. The van der Waals surface area contributed by atoms with E-state index in [2.05, 4.69) is 50.0 Å². The van der Waals surface area contributed by atoms with Gasteiger partial charge in [0, 0.05) is 11.2 Å². The van der Waals surface area contributed by atoms with Crippen LogP contribution in [-0.4, -0.2) is 4.98 Å². The predicted octanol–water partition coefficient (Wildman–Crippen LogP) is 3.99. The second-order valence-corrected chi connectivity index (χ2v) is 4.12. The van der Waals surface area contributed by atoms with Gasteiger partial charge < -0.3 is 4.98 Å². The Bertz CT molecular complexity index is 439. The number of hydrogen-bond donors (Lipinski definition) is 1. The highest BCUT2D eigenvalue weighted by Gasteiger charge is 2.06. The Morgan fingerprint density at radius 2 is 2.07 bits per heavy atom. The Labute approximate surface area is 85.1 Å². The van der Waals surface area contributed by atoms with Gasteiger partial charge in [-0.25, -0.2) is 0 Å². The lowest BCUT2D eigenvalue weighted by Crippen LogP contribution is -1.89. The van der Waals surface area contributed by atoms with Crippen molar-refractivity contribution in [2.45, 2.75) is 33.1 Å². The molecule has 0 spiro atoms. The lowest BCUT2D eigenvalue weighted by Gasteiger charge is -2.03. The Morgan fingerprint density at radius 3 is 2.79 bits per heavy atom. The molecule has 1 atom stereocenters. The topological polar surface area (TPSA) is 15.8 Å². The molecule has 1 unspecified atom stereocenters. The lowest BCUT2D eigenvalue weighted by atomic mass is 10.1. The smallest absolute Gasteiger partial charge is 0.0458 e. The minimum absolute atomic E-state index is 0.628. The molecule has 14 heavy (non-hydrogen) atoms. The van der Waals surface area contributed by atoms with E-state index in [-0.39, 0.29) is 0 Å². The summed E-state index contributed by atoms with van der Waals surface area (Å²) in [6.45, 7) is 6.61. The number of aromatic amines is 1. The van der Waals surface area contributed by atoms with Gasteiger partial charge in [0.1, 0.15) is 0 Å². The monoisotopic (exact) mass is 187 g/mol. The van der Waals surface area contributed by atoms with Crippen LogP contribution in [0.2, 0.25) is 0 Å². The summed E-state index contributed by atoms with van der Waals surface area (Å²) in [6.07, 6.45) is 1.19. The van der Waals surface area contributed by atoms with E-state index in [1.807, 2.05) is 0 Å². The summed E-state index contributed by atoms with van der Waals surface area (Å²) in [4.78, 5) is 3.49. The van der Waals surface area contributed by atoms with Gasteiger partial charge in [0.25, 0.3) is 0 Å².